The van der Waals surface area contributed by atoms with Gasteiger partial charge >= 0.3 is 0 Å². The van der Waals surface area contributed by atoms with Gasteiger partial charge in [0.25, 0.3) is 5.91 Å². The summed E-state index contributed by atoms with van der Waals surface area (Å²) in [6, 6.07) is 16.2. The minimum absolute atomic E-state index is 0.380. The second-order valence-corrected chi connectivity index (χ2v) is 6.31. The zero-order valence-electron chi connectivity index (χ0n) is 16.2. The summed E-state index contributed by atoms with van der Waals surface area (Å²) in [5, 5.41) is 8.34. The first-order valence-electron chi connectivity index (χ1n) is 9.05. The van der Waals surface area contributed by atoms with Gasteiger partial charge in [-0.15, -0.1) is 0 Å². The first-order valence-corrected chi connectivity index (χ1v) is 9.05. The fourth-order valence-electron chi connectivity index (χ4n) is 3.00. The maximum absolute atomic E-state index is 12.8. The Labute approximate surface area is 169 Å². The molecule has 1 aliphatic heterocycles. The van der Waals surface area contributed by atoms with E-state index in [4.69, 9.17) is 0 Å². The van der Waals surface area contributed by atoms with Crippen LogP contribution in [0.3, 0.4) is 0 Å². The molecule has 0 aromatic heterocycles. The van der Waals surface area contributed by atoms with Crippen LogP contribution in [0.2, 0.25) is 0 Å². The van der Waals surface area contributed by atoms with Gasteiger partial charge in [0.1, 0.15) is 0 Å². The summed E-state index contributed by atoms with van der Waals surface area (Å²) in [6.07, 6.45) is 3.19. The molecule has 0 spiro atoms. The zero-order chi connectivity index (χ0) is 20.8. The van der Waals surface area contributed by atoms with Gasteiger partial charge in [-0.25, -0.2) is 0 Å². The summed E-state index contributed by atoms with van der Waals surface area (Å²) in [5.74, 6) is -1.79. The Morgan fingerprint density at radius 3 is 2.66 bits per heavy atom. The third kappa shape index (κ3) is 4.35. The average molecular weight is 387 g/mol. The Balaban J connectivity index is 1.80. The number of para-hydroxylation sites is 1. The highest BCUT2D eigenvalue weighted by molar-refractivity contribution is 6.28. The number of carbonyl (C=O) groups is 2. The predicted octanol–water partition coefficient (Wildman–Crippen LogP) is 3.75. The van der Waals surface area contributed by atoms with E-state index < -0.39 is 11.8 Å². The minimum Gasteiger partial charge on any atom is -0.325 e. The van der Waals surface area contributed by atoms with Gasteiger partial charge in [-0.2, -0.15) is 10.1 Å². The average Bonchev–Trinajstić information content (AvgIpc) is 3.03. The van der Waals surface area contributed by atoms with E-state index in [9.17, 15) is 9.59 Å². The lowest BCUT2D eigenvalue weighted by Crippen LogP contribution is -2.36. The molecule has 146 valence electrons. The molecule has 7 nitrogen and oxygen atoms in total. The molecule has 1 atom stereocenters. The lowest BCUT2D eigenvalue weighted by atomic mass is 10.0. The molecular weight excluding hydrogens is 366 g/mol. The number of anilines is 2. The van der Waals surface area contributed by atoms with Gasteiger partial charge in [0.05, 0.1) is 23.3 Å². The minimum atomic E-state index is -0.975. The number of carbonyl (C=O) groups excluding carboxylic acids is 2. The number of nitrogens with one attached hydrogen (secondary N) is 1. The van der Waals surface area contributed by atoms with Crippen LogP contribution in [0.4, 0.5) is 11.4 Å². The van der Waals surface area contributed by atoms with Gasteiger partial charge in [0.15, 0.2) is 5.92 Å². The van der Waals surface area contributed by atoms with E-state index in [1.165, 1.54) is 11.2 Å². The van der Waals surface area contributed by atoms with Crippen molar-refractivity contribution in [2.24, 2.45) is 21.0 Å². The fraction of sp³-hybridized carbons (Fsp3) is 0.136. The second-order valence-electron chi connectivity index (χ2n) is 6.31. The van der Waals surface area contributed by atoms with Crippen molar-refractivity contribution >= 4 is 47.5 Å². The standard InChI is InChI=1S/C22H21N5O2/c1-4-24-19(14-23-3)16-9-8-10-17(13-16)25-21(28)20-15(2)26-27(22(20)29)18-11-6-5-7-12-18/h4-14,20H,3H2,1-2H3,(H,25,28)/b19-14-,24-4?. The molecule has 0 fully saturated rings. The highest BCUT2D eigenvalue weighted by atomic mass is 16.2. The van der Waals surface area contributed by atoms with Crippen LogP contribution < -0.4 is 10.3 Å². The van der Waals surface area contributed by atoms with Crippen molar-refractivity contribution in [1.82, 2.24) is 0 Å². The van der Waals surface area contributed by atoms with E-state index >= 15 is 0 Å². The Morgan fingerprint density at radius 2 is 1.97 bits per heavy atom. The number of rotatable bonds is 6. The lowest BCUT2D eigenvalue weighted by molar-refractivity contribution is -0.127. The number of benzene rings is 2. The van der Waals surface area contributed by atoms with Gasteiger partial charge < -0.3 is 5.32 Å². The molecule has 0 bridgehead atoms. The number of aliphatic imine (C=N–C) groups is 2. The van der Waals surface area contributed by atoms with Crippen LogP contribution in [0.25, 0.3) is 5.70 Å². The Morgan fingerprint density at radius 1 is 1.21 bits per heavy atom. The van der Waals surface area contributed by atoms with E-state index in [1.54, 1.807) is 50.4 Å². The van der Waals surface area contributed by atoms with E-state index in [0.717, 1.165) is 5.56 Å². The summed E-state index contributed by atoms with van der Waals surface area (Å²) in [5.41, 5.74) is 3.00. The number of nitrogens with zero attached hydrogens (tertiary/aromatic N) is 4. The summed E-state index contributed by atoms with van der Waals surface area (Å²) in [4.78, 5) is 33.7. The van der Waals surface area contributed by atoms with Crippen molar-refractivity contribution in [3.8, 4) is 0 Å². The summed E-state index contributed by atoms with van der Waals surface area (Å²) < 4.78 is 0. The normalized spacial score (nSPS) is 16.8. The molecule has 29 heavy (non-hydrogen) atoms. The Bertz CT molecular complexity index is 1020. The largest absolute Gasteiger partial charge is 0.325 e. The van der Waals surface area contributed by atoms with Gasteiger partial charge in [0, 0.05) is 17.5 Å². The van der Waals surface area contributed by atoms with E-state index in [2.05, 4.69) is 27.1 Å². The topological polar surface area (TPSA) is 86.5 Å². The number of amides is 2. The van der Waals surface area contributed by atoms with Crippen LogP contribution in [0, 0.1) is 5.92 Å². The van der Waals surface area contributed by atoms with Crippen LogP contribution >= 0.6 is 0 Å². The van der Waals surface area contributed by atoms with Crippen LogP contribution in [-0.4, -0.2) is 30.5 Å². The first-order chi connectivity index (χ1) is 14.0. The molecule has 1 aliphatic rings. The molecule has 0 radical (unpaired) electrons. The van der Waals surface area contributed by atoms with Gasteiger partial charge in [-0.3, -0.25) is 19.6 Å². The van der Waals surface area contributed by atoms with Crippen LogP contribution in [-0.2, 0) is 9.59 Å². The molecule has 1 N–H and O–H groups in total. The third-order valence-electron chi connectivity index (χ3n) is 4.30. The molecular formula is C22H21N5O2. The number of hydrogen-bond donors (Lipinski definition) is 1. The molecule has 1 unspecified atom stereocenters. The molecule has 2 aromatic rings. The van der Waals surface area contributed by atoms with E-state index in [1.807, 2.05) is 24.3 Å². The zero-order valence-corrected chi connectivity index (χ0v) is 16.2. The van der Waals surface area contributed by atoms with Crippen molar-refractivity contribution in [3.05, 3.63) is 66.4 Å². The third-order valence-corrected chi connectivity index (χ3v) is 4.30. The molecule has 2 amide bonds. The maximum atomic E-state index is 12.8. The predicted molar refractivity (Wildman–Crippen MR) is 117 cm³/mol. The highest BCUT2D eigenvalue weighted by Crippen LogP contribution is 2.25. The van der Waals surface area contributed by atoms with Crippen molar-refractivity contribution < 1.29 is 9.59 Å². The summed E-state index contributed by atoms with van der Waals surface area (Å²) in [6.45, 7) is 6.93. The van der Waals surface area contributed by atoms with E-state index in [-0.39, 0.29) is 5.91 Å². The van der Waals surface area contributed by atoms with Crippen LogP contribution in [0.15, 0.2) is 75.9 Å². The number of hydrogen-bond acceptors (Lipinski definition) is 5. The smallest absolute Gasteiger partial charge is 0.265 e. The SMILES string of the molecule is C=N/C=C(\N=CC)c1cccc(NC(=O)C2C(=O)N(c3ccccc3)N=C2C)c1. The second kappa shape index (κ2) is 8.88. The van der Waals surface area contributed by atoms with Crippen molar-refractivity contribution in [3.63, 3.8) is 0 Å². The quantitative estimate of drug-likeness (QED) is 0.604. The van der Waals surface area contributed by atoms with Gasteiger partial charge in [-0.1, -0.05) is 30.3 Å². The number of hydrazone groups is 1. The Kier molecular flexibility index (Phi) is 6.09. The molecule has 2 aromatic carbocycles. The van der Waals surface area contributed by atoms with Crippen LogP contribution in [0.5, 0.6) is 0 Å². The highest BCUT2D eigenvalue weighted by Gasteiger charge is 2.39. The molecule has 0 aliphatic carbocycles. The van der Waals surface area contributed by atoms with Gasteiger partial charge in [0.2, 0.25) is 5.91 Å². The molecule has 0 saturated heterocycles. The van der Waals surface area contributed by atoms with Crippen molar-refractivity contribution in [2.45, 2.75) is 13.8 Å². The molecule has 0 saturated carbocycles. The Hall–Kier alpha value is -3.87. The van der Waals surface area contributed by atoms with Crippen molar-refractivity contribution in [2.75, 3.05) is 10.3 Å². The molecule has 3 rings (SSSR count). The molecule has 1 heterocycles. The summed E-state index contributed by atoms with van der Waals surface area (Å²) >= 11 is 0. The summed E-state index contributed by atoms with van der Waals surface area (Å²) in [7, 11) is 0. The first kappa shape index (κ1) is 19.9. The van der Waals surface area contributed by atoms with Crippen LogP contribution in [0.1, 0.15) is 19.4 Å². The monoisotopic (exact) mass is 387 g/mol. The molecule has 7 heteroatoms. The van der Waals surface area contributed by atoms with Gasteiger partial charge in [-0.05, 0) is 44.8 Å². The lowest BCUT2D eigenvalue weighted by Gasteiger charge is -2.14. The van der Waals surface area contributed by atoms with E-state index in [0.29, 0.717) is 22.8 Å². The maximum Gasteiger partial charge on any atom is 0.265 e. The van der Waals surface area contributed by atoms with Crippen molar-refractivity contribution in [1.29, 1.82) is 0 Å². The fourth-order valence-corrected chi connectivity index (χ4v) is 3.00.